The lowest BCUT2D eigenvalue weighted by atomic mass is 10.5. The predicted molar refractivity (Wildman–Crippen MR) is 48.3 cm³/mol. The van der Waals surface area contributed by atoms with E-state index in [0.29, 0.717) is 11.2 Å². The molecule has 0 spiro atoms. The number of hydrogen-bond acceptors (Lipinski definition) is 2. The van der Waals surface area contributed by atoms with E-state index in [1.54, 1.807) is 6.08 Å². The van der Waals surface area contributed by atoms with Gasteiger partial charge in [0.25, 0.3) is 0 Å². The summed E-state index contributed by atoms with van der Waals surface area (Å²) in [6.07, 6.45) is 2.95. The maximum absolute atomic E-state index is 10.7. The molecule has 76 valence electrons. The van der Waals surface area contributed by atoms with Gasteiger partial charge in [0, 0.05) is 6.08 Å². The number of carbonyl (C=O) groups excluding carboxylic acids is 1. The molecule has 0 heterocycles. The van der Waals surface area contributed by atoms with Crippen LogP contribution in [-0.2, 0) is 9.53 Å². The van der Waals surface area contributed by atoms with Gasteiger partial charge in [0.1, 0.15) is 0 Å². The molecule has 0 bridgehead atoms. The van der Waals surface area contributed by atoms with Crippen LogP contribution in [0.2, 0.25) is 0 Å². The lowest BCUT2D eigenvalue weighted by Gasteiger charge is -2.26. The van der Waals surface area contributed by atoms with Crippen LogP contribution in [0.1, 0.15) is 0 Å². The smallest absolute Gasteiger partial charge is 0.334 e. The standard InChI is InChI=1S/C9H16NO2.ClH/c1-5-7-10(3,4)8-12-9(11)6-2;/h5-6H,1-2,7-8H2,3-4H3;1H/q+1;/p-1. The zero-order chi connectivity index (χ0) is 9.61. The maximum atomic E-state index is 10.7. The summed E-state index contributed by atoms with van der Waals surface area (Å²) < 4.78 is 5.46. The molecule has 0 amide bonds. The molecule has 0 saturated carbocycles. The minimum Gasteiger partial charge on any atom is -1.00 e. The number of hydrogen-bond donors (Lipinski definition) is 0. The second kappa shape index (κ2) is 6.69. The molecule has 4 heteroatoms. The van der Waals surface area contributed by atoms with E-state index in [0.717, 1.165) is 12.6 Å². The van der Waals surface area contributed by atoms with Crippen LogP contribution in [0.3, 0.4) is 0 Å². The van der Waals surface area contributed by atoms with Crippen LogP contribution in [0.25, 0.3) is 0 Å². The molecular formula is C9H16ClNO2. The summed E-state index contributed by atoms with van der Waals surface area (Å²) in [4.78, 5) is 10.7. The highest BCUT2D eigenvalue weighted by molar-refractivity contribution is 5.81. The molecule has 0 N–H and O–H groups in total. The maximum Gasteiger partial charge on any atom is 0.334 e. The quantitative estimate of drug-likeness (QED) is 0.170. The summed E-state index contributed by atoms with van der Waals surface area (Å²) >= 11 is 0. The molecule has 0 aromatic rings. The van der Waals surface area contributed by atoms with E-state index in [4.69, 9.17) is 4.74 Å². The Hall–Kier alpha value is -0.800. The van der Waals surface area contributed by atoms with Crippen molar-refractivity contribution in [2.45, 2.75) is 0 Å². The predicted octanol–water partition coefficient (Wildman–Crippen LogP) is -2.06. The molecule has 0 fully saturated rings. The second-order valence-corrected chi connectivity index (χ2v) is 3.20. The highest BCUT2D eigenvalue weighted by atomic mass is 35.5. The normalized spacial score (nSPS) is 9.69. The van der Waals surface area contributed by atoms with Gasteiger partial charge >= 0.3 is 5.97 Å². The summed E-state index contributed by atoms with van der Waals surface area (Å²) in [5.74, 6) is -0.384. The van der Waals surface area contributed by atoms with Gasteiger partial charge in [0.05, 0.1) is 20.6 Å². The van der Waals surface area contributed by atoms with Crippen molar-refractivity contribution >= 4 is 5.97 Å². The van der Waals surface area contributed by atoms with Crippen LogP contribution in [0.5, 0.6) is 0 Å². The van der Waals surface area contributed by atoms with Gasteiger partial charge in [-0.05, 0) is 6.08 Å². The first-order valence-corrected chi connectivity index (χ1v) is 3.74. The van der Waals surface area contributed by atoms with Crippen LogP contribution in [0, 0.1) is 0 Å². The van der Waals surface area contributed by atoms with Gasteiger partial charge < -0.3 is 17.1 Å². The fourth-order valence-corrected chi connectivity index (χ4v) is 0.699. The Balaban J connectivity index is 0. The number of nitrogens with zero attached hydrogens (tertiary/aromatic N) is 1. The van der Waals surface area contributed by atoms with Crippen LogP contribution in [0.4, 0.5) is 0 Å². The Kier molecular flexibility index (Phi) is 7.57. The van der Waals surface area contributed by atoms with Crippen molar-refractivity contribution in [3.05, 3.63) is 25.3 Å². The largest absolute Gasteiger partial charge is 1.00 e. The van der Waals surface area contributed by atoms with Gasteiger partial charge in [-0.15, -0.1) is 0 Å². The summed E-state index contributed by atoms with van der Waals surface area (Å²) in [5, 5.41) is 0. The first-order valence-electron chi connectivity index (χ1n) is 3.74. The minimum atomic E-state index is -0.384. The monoisotopic (exact) mass is 205 g/mol. The summed E-state index contributed by atoms with van der Waals surface area (Å²) in [5.41, 5.74) is 0. The lowest BCUT2D eigenvalue weighted by molar-refractivity contribution is -0.901. The third-order valence-corrected chi connectivity index (χ3v) is 1.35. The average molecular weight is 206 g/mol. The van der Waals surface area contributed by atoms with Crippen molar-refractivity contribution in [1.82, 2.24) is 0 Å². The molecule has 0 saturated heterocycles. The highest BCUT2D eigenvalue weighted by Gasteiger charge is 2.13. The molecule has 0 aromatic carbocycles. The number of esters is 1. The summed E-state index contributed by atoms with van der Waals surface area (Å²) in [6.45, 7) is 8.03. The Morgan fingerprint density at radius 3 is 2.38 bits per heavy atom. The molecule has 0 unspecified atom stereocenters. The van der Waals surface area contributed by atoms with Crippen molar-refractivity contribution in [3.8, 4) is 0 Å². The van der Waals surface area contributed by atoms with Crippen molar-refractivity contribution < 1.29 is 26.4 Å². The zero-order valence-electron chi connectivity index (χ0n) is 8.12. The minimum absolute atomic E-state index is 0. The number of quaternary nitrogens is 1. The fourth-order valence-electron chi connectivity index (χ4n) is 0.699. The molecule has 0 aliphatic heterocycles. The molecule has 0 radical (unpaired) electrons. The van der Waals surface area contributed by atoms with E-state index in [2.05, 4.69) is 13.2 Å². The van der Waals surface area contributed by atoms with Gasteiger partial charge in [0.2, 0.25) is 6.73 Å². The Morgan fingerprint density at radius 2 is 2.00 bits per heavy atom. The SMILES string of the molecule is C=CC[N+](C)(C)COC(=O)C=C.[Cl-]. The van der Waals surface area contributed by atoms with Crippen LogP contribution in [-0.4, -0.2) is 37.8 Å². The molecule has 13 heavy (non-hydrogen) atoms. The number of rotatable bonds is 5. The second-order valence-electron chi connectivity index (χ2n) is 3.20. The molecule has 0 atom stereocenters. The van der Waals surface area contributed by atoms with Crippen molar-refractivity contribution in [3.63, 3.8) is 0 Å². The highest BCUT2D eigenvalue weighted by Crippen LogP contribution is 1.97. The first kappa shape index (κ1) is 14.7. The summed E-state index contributed by atoms with van der Waals surface area (Å²) in [6, 6.07) is 0. The summed E-state index contributed by atoms with van der Waals surface area (Å²) in [7, 11) is 3.91. The van der Waals surface area contributed by atoms with E-state index in [-0.39, 0.29) is 18.4 Å². The van der Waals surface area contributed by atoms with Crippen molar-refractivity contribution in [1.29, 1.82) is 0 Å². The lowest BCUT2D eigenvalue weighted by Crippen LogP contribution is -3.00. The molecule has 0 aromatic heterocycles. The van der Waals surface area contributed by atoms with E-state index in [1.165, 1.54) is 0 Å². The third-order valence-electron chi connectivity index (χ3n) is 1.35. The van der Waals surface area contributed by atoms with Crippen LogP contribution in [0.15, 0.2) is 25.3 Å². The van der Waals surface area contributed by atoms with E-state index < -0.39 is 0 Å². The number of ether oxygens (including phenoxy) is 1. The average Bonchev–Trinajstić information content (AvgIpc) is 2.00. The Labute approximate surface area is 85.7 Å². The number of halogens is 1. The van der Waals surface area contributed by atoms with Gasteiger partial charge in [-0.1, -0.05) is 13.2 Å². The van der Waals surface area contributed by atoms with Crippen molar-refractivity contribution in [2.75, 3.05) is 27.4 Å². The van der Waals surface area contributed by atoms with Crippen LogP contribution < -0.4 is 12.4 Å². The Bertz CT molecular complexity index is 190. The molecule has 0 rings (SSSR count). The molecule has 3 nitrogen and oxygen atoms in total. The first-order chi connectivity index (χ1) is 5.52. The van der Waals surface area contributed by atoms with Gasteiger partial charge in [0.15, 0.2) is 0 Å². The molecular weight excluding hydrogens is 190 g/mol. The van der Waals surface area contributed by atoms with Gasteiger partial charge in [-0.3, -0.25) is 4.48 Å². The van der Waals surface area contributed by atoms with Crippen molar-refractivity contribution in [2.24, 2.45) is 0 Å². The van der Waals surface area contributed by atoms with Crippen LogP contribution >= 0.6 is 0 Å². The van der Waals surface area contributed by atoms with Gasteiger partial charge in [-0.25, -0.2) is 4.79 Å². The van der Waals surface area contributed by atoms with E-state index in [1.807, 2.05) is 14.1 Å². The molecule has 0 aliphatic carbocycles. The fraction of sp³-hybridized carbons (Fsp3) is 0.444. The third kappa shape index (κ3) is 7.56. The van der Waals surface area contributed by atoms with Gasteiger partial charge in [-0.2, -0.15) is 0 Å². The number of carbonyl (C=O) groups is 1. The number of likely N-dealkylation sites (N-methyl/N-ethyl adjacent to an activating group) is 1. The van der Waals surface area contributed by atoms with E-state index >= 15 is 0 Å². The Morgan fingerprint density at radius 1 is 1.46 bits per heavy atom. The zero-order valence-corrected chi connectivity index (χ0v) is 8.88. The molecule has 0 aliphatic rings. The topological polar surface area (TPSA) is 26.3 Å². The van der Waals surface area contributed by atoms with E-state index in [9.17, 15) is 4.79 Å².